The molecule has 0 aromatic heterocycles. The highest BCUT2D eigenvalue weighted by Gasteiger charge is 2.21. The van der Waals surface area contributed by atoms with Gasteiger partial charge in [-0.1, -0.05) is 13.8 Å². The number of esters is 2. The monoisotopic (exact) mass is 245 g/mol. The van der Waals surface area contributed by atoms with Gasteiger partial charge in [-0.25, -0.2) is 0 Å². The summed E-state index contributed by atoms with van der Waals surface area (Å²) in [5.74, 6) is -1.24. The van der Waals surface area contributed by atoms with Gasteiger partial charge in [-0.3, -0.25) is 14.4 Å². The third kappa shape index (κ3) is 6.55. The first-order valence-electron chi connectivity index (χ1n) is 5.32. The van der Waals surface area contributed by atoms with Crippen LogP contribution in [-0.4, -0.2) is 50.1 Å². The standard InChI is InChI=1S/C11H19NO5/c1-8(2)5-9(13)12(6-10(14)16-3)7-11(15)17-4/h8H,5-7H2,1-4H3. The maximum atomic E-state index is 11.8. The molecule has 0 rings (SSSR count). The summed E-state index contributed by atoms with van der Waals surface area (Å²) in [6.07, 6.45) is 0.272. The summed E-state index contributed by atoms with van der Waals surface area (Å²) in [7, 11) is 2.46. The Morgan fingerprint density at radius 2 is 1.41 bits per heavy atom. The number of hydrogen-bond acceptors (Lipinski definition) is 5. The zero-order valence-electron chi connectivity index (χ0n) is 10.7. The number of hydrogen-bond donors (Lipinski definition) is 0. The van der Waals surface area contributed by atoms with Gasteiger partial charge in [0.2, 0.25) is 5.91 Å². The van der Waals surface area contributed by atoms with Gasteiger partial charge in [0.15, 0.2) is 0 Å². The number of ether oxygens (including phenoxy) is 2. The average molecular weight is 245 g/mol. The number of carbonyl (C=O) groups excluding carboxylic acids is 3. The number of nitrogens with zero attached hydrogens (tertiary/aromatic N) is 1. The Labute approximate surface area is 101 Å². The van der Waals surface area contributed by atoms with Gasteiger partial charge in [0.25, 0.3) is 0 Å². The molecule has 0 N–H and O–H groups in total. The summed E-state index contributed by atoms with van der Waals surface area (Å²) >= 11 is 0. The molecule has 0 spiro atoms. The largest absolute Gasteiger partial charge is 0.468 e. The minimum Gasteiger partial charge on any atom is -0.468 e. The van der Waals surface area contributed by atoms with E-state index >= 15 is 0 Å². The van der Waals surface area contributed by atoms with Crippen molar-refractivity contribution in [3.63, 3.8) is 0 Å². The molecule has 0 saturated heterocycles. The molecule has 0 aliphatic rings. The minimum atomic E-state index is -0.564. The van der Waals surface area contributed by atoms with Crippen molar-refractivity contribution in [2.24, 2.45) is 5.92 Å². The van der Waals surface area contributed by atoms with E-state index in [1.165, 1.54) is 14.2 Å². The first-order chi connectivity index (χ1) is 7.90. The molecule has 0 bridgehead atoms. The molecule has 0 atom stereocenters. The van der Waals surface area contributed by atoms with Crippen LogP contribution in [0.4, 0.5) is 0 Å². The van der Waals surface area contributed by atoms with E-state index in [-0.39, 0.29) is 31.3 Å². The molecular weight excluding hydrogens is 226 g/mol. The third-order valence-electron chi connectivity index (χ3n) is 2.03. The van der Waals surface area contributed by atoms with Crippen molar-refractivity contribution in [1.82, 2.24) is 4.90 Å². The van der Waals surface area contributed by atoms with Crippen LogP contribution in [0.5, 0.6) is 0 Å². The number of rotatable bonds is 6. The number of carbonyl (C=O) groups is 3. The maximum absolute atomic E-state index is 11.8. The van der Waals surface area contributed by atoms with Gasteiger partial charge in [0, 0.05) is 6.42 Å². The van der Waals surface area contributed by atoms with E-state index < -0.39 is 11.9 Å². The Morgan fingerprint density at radius 1 is 1.00 bits per heavy atom. The van der Waals surface area contributed by atoms with Gasteiger partial charge in [-0.05, 0) is 5.92 Å². The normalized spacial score (nSPS) is 9.94. The molecule has 0 aliphatic carbocycles. The van der Waals surface area contributed by atoms with Crippen LogP contribution in [0.3, 0.4) is 0 Å². The SMILES string of the molecule is COC(=O)CN(CC(=O)OC)C(=O)CC(C)C. The second kappa shape index (κ2) is 7.65. The summed E-state index contributed by atoms with van der Waals surface area (Å²) in [5.41, 5.74) is 0. The maximum Gasteiger partial charge on any atom is 0.325 e. The quantitative estimate of drug-likeness (QED) is 0.625. The van der Waals surface area contributed by atoms with Crippen molar-refractivity contribution in [3.8, 4) is 0 Å². The molecule has 1 amide bonds. The zero-order chi connectivity index (χ0) is 13.4. The Kier molecular flexibility index (Phi) is 6.93. The number of methoxy groups -OCH3 is 2. The van der Waals surface area contributed by atoms with Crippen LogP contribution in [0.15, 0.2) is 0 Å². The molecule has 6 heteroatoms. The fraction of sp³-hybridized carbons (Fsp3) is 0.727. The van der Waals surface area contributed by atoms with E-state index in [2.05, 4.69) is 9.47 Å². The zero-order valence-corrected chi connectivity index (χ0v) is 10.7. The Morgan fingerprint density at radius 3 is 1.71 bits per heavy atom. The highest BCUT2D eigenvalue weighted by molar-refractivity contribution is 5.86. The smallest absolute Gasteiger partial charge is 0.325 e. The second-order valence-corrected chi connectivity index (χ2v) is 4.00. The Hall–Kier alpha value is -1.59. The molecule has 0 aliphatic heterocycles. The van der Waals surface area contributed by atoms with Gasteiger partial charge in [-0.15, -0.1) is 0 Å². The van der Waals surface area contributed by atoms with Gasteiger partial charge in [-0.2, -0.15) is 0 Å². The molecule has 0 saturated carbocycles. The van der Waals surface area contributed by atoms with Crippen LogP contribution in [-0.2, 0) is 23.9 Å². The molecule has 0 unspecified atom stereocenters. The second-order valence-electron chi connectivity index (χ2n) is 4.00. The summed E-state index contributed by atoms with van der Waals surface area (Å²) in [6, 6.07) is 0. The molecular formula is C11H19NO5. The van der Waals surface area contributed by atoms with Crippen LogP contribution in [0.2, 0.25) is 0 Å². The van der Waals surface area contributed by atoms with E-state index in [0.29, 0.717) is 0 Å². The lowest BCUT2D eigenvalue weighted by Crippen LogP contribution is -2.40. The van der Waals surface area contributed by atoms with Crippen LogP contribution in [0.1, 0.15) is 20.3 Å². The van der Waals surface area contributed by atoms with E-state index in [4.69, 9.17) is 0 Å². The third-order valence-corrected chi connectivity index (χ3v) is 2.03. The van der Waals surface area contributed by atoms with Crippen LogP contribution >= 0.6 is 0 Å². The lowest BCUT2D eigenvalue weighted by Gasteiger charge is -2.20. The fourth-order valence-electron chi connectivity index (χ4n) is 1.15. The van der Waals surface area contributed by atoms with Crippen molar-refractivity contribution in [3.05, 3.63) is 0 Å². The van der Waals surface area contributed by atoms with Crippen molar-refractivity contribution < 1.29 is 23.9 Å². The summed E-state index contributed by atoms with van der Waals surface area (Å²) < 4.78 is 8.93. The van der Waals surface area contributed by atoms with Gasteiger partial charge < -0.3 is 14.4 Å². The predicted molar refractivity (Wildman–Crippen MR) is 60.1 cm³/mol. The molecule has 98 valence electrons. The van der Waals surface area contributed by atoms with Crippen LogP contribution in [0, 0.1) is 5.92 Å². The van der Waals surface area contributed by atoms with E-state index in [0.717, 1.165) is 4.90 Å². The molecule has 0 radical (unpaired) electrons. The Balaban J connectivity index is 4.54. The van der Waals surface area contributed by atoms with E-state index in [1.807, 2.05) is 13.8 Å². The molecule has 0 aromatic rings. The lowest BCUT2D eigenvalue weighted by molar-refractivity contribution is -0.152. The van der Waals surface area contributed by atoms with Crippen molar-refractivity contribution in [1.29, 1.82) is 0 Å². The van der Waals surface area contributed by atoms with Gasteiger partial charge >= 0.3 is 11.9 Å². The summed E-state index contributed by atoms with van der Waals surface area (Å²) in [5, 5.41) is 0. The van der Waals surface area contributed by atoms with Crippen molar-refractivity contribution >= 4 is 17.8 Å². The number of amides is 1. The molecule has 0 heterocycles. The summed E-state index contributed by atoms with van der Waals surface area (Å²) in [4.78, 5) is 35.1. The topological polar surface area (TPSA) is 72.9 Å². The van der Waals surface area contributed by atoms with Gasteiger partial charge in [0.1, 0.15) is 13.1 Å². The lowest BCUT2D eigenvalue weighted by atomic mass is 10.1. The van der Waals surface area contributed by atoms with E-state index in [1.54, 1.807) is 0 Å². The fourth-order valence-corrected chi connectivity index (χ4v) is 1.15. The average Bonchev–Trinajstić information content (AvgIpc) is 2.26. The highest BCUT2D eigenvalue weighted by atomic mass is 16.5. The first-order valence-corrected chi connectivity index (χ1v) is 5.32. The van der Waals surface area contributed by atoms with E-state index in [9.17, 15) is 14.4 Å². The summed E-state index contributed by atoms with van der Waals surface area (Å²) in [6.45, 7) is 3.28. The first kappa shape index (κ1) is 15.4. The van der Waals surface area contributed by atoms with Crippen LogP contribution in [0.25, 0.3) is 0 Å². The highest BCUT2D eigenvalue weighted by Crippen LogP contribution is 2.04. The molecule has 0 fully saturated rings. The van der Waals surface area contributed by atoms with Crippen molar-refractivity contribution in [2.45, 2.75) is 20.3 Å². The Bertz CT molecular complexity index is 270. The minimum absolute atomic E-state index is 0.153. The van der Waals surface area contributed by atoms with Crippen LogP contribution < -0.4 is 0 Å². The molecule has 6 nitrogen and oxygen atoms in total. The molecule has 17 heavy (non-hydrogen) atoms. The molecule has 0 aromatic carbocycles. The van der Waals surface area contributed by atoms with Crippen molar-refractivity contribution in [2.75, 3.05) is 27.3 Å². The van der Waals surface area contributed by atoms with Gasteiger partial charge in [0.05, 0.1) is 14.2 Å². The predicted octanol–water partition coefficient (Wildman–Crippen LogP) is 0.207.